The van der Waals surface area contributed by atoms with Gasteiger partial charge in [-0.15, -0.1) is 0 Å². The van der Waals surface area contributed by atoms with Gasteiger partial charge in [-0.25, -0.2) is 4.98 Å². The monoisotopic (exact) mass is 353 g/mol. The predicted molar refractivity (Wildman–Crippen MR) is 93.5 cm³/mol. The third-order valence-electron chi connectivity index (χ3n) is 4.17. The maximum atomic E-state index is 12.8. The summed E-state index contributed by atoms with van der Waals surface area (Å²) in [4.78, 5) is 9.02. The molecule has 26 heavy (non-hydrogen) atoms. The number of hydrogen-bond donors (Lipinski definition) is 0. The molecule has 0 fully saturated rings. The Balaban J connectivity index is 1.78. The van der Waals surface area contributed by atoms with E-state index >= 15 is 0 Å². The zero-order chi connectivity index (χ0) is 18.1. The quantitative estimate of drug-likeness (QED) is 0.509. The molecule has 0 bridgehead atoms. The van der Waals surface area contributed by atoms with Gasteiger partial charge in [-0.2, -0.15) is 13.2 Å². The second-order valence-corrected chi connectivity index (χ2v) is 5.92. The van der Waals surface area contributed by atoms with Gasteiger partial charge in [-0.3, -0.25) is 4.98 Å². The number of para-hydroxylation sites is 2. The van der Waals surface area contributed by atoms with Gasteiger partial charge >= 0.3 is 6.18 Å². The second-order valence-electron chi connectivity index (χ2n) is 5.92. The van der Waals surface area contributed by atoms with E-state index in [0.29, 0.717) is 12.4 Å². The van der Waals surface area contributed by atoms with E-state index in [2.05, 4.69) is 9.97 Å². The molecular formula is C20H14F3N3. The summed E-state index contributed by atoms with van der Waals surface area (Å²) in [6.07, 6.45) is -2.64. The molecule has 0 radical (unpaired) electrons. The molecule has 130 valence electrons. The fourth-order valence-electron chi connectivity index (χ4n) is 2.91. The molecule has 0 aliphatic carbocycles. The van der Waals surface area contributed by atoms with Crippen LogP contribution in [0.15, 0.2) is 72.9 Å². The number of hydrogen-bond acceptors (Lipinski definition) is 2. The first-order chi connectivity index (χ1) is 12.5. The summed E-state index contributed by atoms with van der Waals surface area (Å²) < 4.78 is 40.3. The molecule has 4 rings (SSSR count). The Kier molecular flexibility index (Phi) is 3.95. The Morgan fingerprint density at radius 3 is 2.27 bits per heavy atom. The van der Waals surface area contributed by atoms with Crippen LogP contribution in [0.1, 0.15) is 11.1 Å². The standard InChI is InChI=1S/C20H14F3N3/c21-20(22,23)15-10-8-14(9-11-15)13-26-18-7-2-1-5-16(18)25-19(26)17-6-3-4-12-24-17/h1-12H,13H2. The molecule has 0 amide bonds. The minimum Gasteiger partial charge on any atom is -0.318 e. The second kappa shape index (κ2) is 6.29. The van der Waals surface area contributed by atoms with Crippen LogP contribution in [0, 0.1) is 0 Å². The number of pyridine rings is 1. The van der Waals surface area contributed by atoms with E-state index in [0.717, 1.165) is 34.4 Å². The highest BCUT2D eigenvalue weighted by Crippen LogP contribution is 2.30. The highest BCUT2D eigenvalue weighted by Gasteiger charge is 2.30. The molecule has 3 nitrogen and oxygen atoms in total. The lowest BCUT2D eigenvalue weighted by Crippen LogP contribution is -2.06. The first kappa shape index (κ1) is 16.3. The maximum Gasteiger partial charge on any atom is 0.416 e. The summed E-state index contributed by atoms with van der Waals surface area (Å²) in [6, 6.07) is 18.4. The number of rotatable bonds is 3. The molecular weight excluding hydrogens is 339 g/mol. The predicted octanol–water partition coefficient (Wildman–Crippen LogP) is 5.17. The van der Waals surface area contributed by atoms with Gasteiger partial charge < -0.3 is 4.57 Å². The minimum absolute atomic E-state index is 0.407. The largest absolute Gasteiger partial charge is 0.416 e. The van der Waals surface area contributed by atoms with Crippen molar-refractivity contribution in [1.82, 2.24) is 14.5 Å². The maximum absolute atomic E-state index is 12.8. The molecule has 2 aromatic heterocycles. The van der Waals surface area contributed by atoms with Gasteiger partial charge in [0.2, 0.25) is 0 Å². The van der Waals surface area contributed by atoms with Crippen LogP contribution in [0.3, 0.4) is 0 Å². The Morgan fingerprint density at radius 1 is 0.846 bits per heavy atom. The van der Waals surface area contributed by atoms with Crippen LogP contribution in [0.5, 0.6) is 0 Å². The van der Waals surface area contributed by atoms with E-state index in [-0.39, 0.29) is 0 Å². The van der Waals surface area contributed by atoms with Gasteiger partial charge in [0.05, 0.1) is 16.6 Å². The highest BCUT2D eigenvalue weighted by atomic mass is 19.4. The van der Waals surface area contributed by atoms with Crippen molar-refractivity contribution in [2.45, 2.75) is 12.7 Å². The minimum atomic E-state index is -4.33. The molecule has 0 aliphatic heterocycles. The van der Waals surface area contributed by atoms with Crippen molar-refractivity contribution in [3.05, 3.63) is 84.1 Å². The zero-order valence-corrected chi connectivity index (χ0v) is 13.6. The molecule has 0 spiro atoms. The molecule has 2 aromatic carbocycles. The van der Waals surface area contributed by atoms with E-state index in [1.807, 2.05) is 47.0 Å². The van der Waals surface area contributed by atoms with E-state index in [1.165, 1.54) is 12.1 Å². The van der Waals surface area contributed by atoms with Crippen molar-refractivity contribution in [3.8, 4) is 11.5 Å². The molecule has 0 unspecified atom stereocenters. The summed E-state index contributed by atoms with van der Waals surface area (Å²) in [7, 11) is 0. The molecule has 0 saturated carbocycles. The van der Waals surface area contributed by atoms with Gasteiger partial charge in [0.25, 0.3) is 0 Å². The average molecular weight is 353 g/mol. The van der Waals surface area contributed by atoms with Gasteiger partial charge in [-0.1, -0.05) is 30.3 Å². The van der Waals surface area contributed by atoms with E-state index in [9.17, 15) is 13.2 Å². The van der Waals surface area contributed by atoms with Crippen molar-refractivity contribution in [3.63, 3.8) is 0 Å². The van der Waals surface area contributed by atoms with Gasteiger partial charge in [-0.05, 0) is 42.0 Å². The first-order valence-electron chi connectivity index (χ1n) is 8.05. The number of halogens is 3. The molecule has 4 aromatic rings. The molecule has 0 saturated heterocycles. The Morgan fingerprint density at radius 2 is 1.58 bits per heavy atom. The normalized spacial score (nSPS) is 11.8. The fraction of sp³-hybridized carbons (Fsp3) is 0.100. The number of fused-ring (bicyclic) bond motifs is 1. The Bertz CT molecular complexity index is 1040. The van der Waals surface area contributed by atoms with Crippen LogP contribution in [-0.4, -0.2) is 14.5 Å². The van der Waals surface area contributed by atoms with Gasteiger partial charge in [0, 0.05) is 12.7 Å². The van der Waals surface area contributed by atoms with Crippen LogP contribution in [0.2, 0.25) is 0 Å². The number of aromatic nitrogens is 3. The number of alkyl halides is 3. The van der Waals surface area contributed by atoms with Crippen LogP contribution in [-0.2, 0) is 12.7 Å². The van der Waals surface area contributed by atoms with Crippen molar-refractivity contribution in [2.75, 3.05) is 0 Å². The summed E-state index contributed by atoms with van der Waals surface area (Å²) in [5, 5.41) is 0. The summed E-state index contributed by atoms with van der Waals surface area (Å²) in [6.45, 7) is 0.407. The number of benzene rings is 2. The van der Waals surface area contributed by atoms with Gasteiger partial charge in [0.15, 0.2) is 5.82 Å². The number of imidazole rings is 1. The molecule has 6 heteroatoms. The van der Waals surface area contributed by atoms with E-state index in [1.54, 1.807) is 6.20 Å². The van der Waals surface area contributed by atoms with Crippen LogP contribution in [0.25, 0.3) is 22.6 Å². The van der Waals surface area contributed by atoms with Crippen molar-refractivity contribution in [1.29, 1.82) is 0 Å². The lowest BCUT2D eigenvalue weighted by molar-refractivity contribution is -0.137. The average Bonchev–Trinajstić information content (AvgIpc) is 3.01. The third-order valence-corrected chi connectivity index (χ3v) is 4.17. The summed E-state index contributed by atoms with van der Waals surface area (Å²) >= 11 is 0. The smallest absolute Gasteiger partial charge is 0.318 e. The number of nitrogens with zero attached hydrogens (tertiary/aromatic N) is 3. The zero-order valence-electron chi connectivity index (χ0n) is 13.6. The Labute approximate surface area is 147 Å². The first-order valence-corrected chi connectivity index (χ1v) is 8.05. The van der Waals surface area contributed by atoms with E-state index in [4.69, 9.17) is 0 Å². The van der Waals surface area contributed by atoms with Crippen LogP contribution in [0.4, 0.5) is 13.2 Å². The molecule has 0 atom stereocenters. The SMILES string of the molecule is FC(F)(F)c1ccc(Cn2c(-c3ccccn3)nc3ccccc32)cc1. The molecule has 0 N–H and O–H groups in total. The Hall–Kier alpha value is -3.15. The lowest BCUT2D eigenvalue weighted by atomic mass is 10.1. The van der Waals surface area contributed by atoms with Crippen LogP contribution < -0.4 is 0 Å². The lowest BCUT2D eigenvalue weighted by Gasteiger charge is -2.11. The summed E-state index contributed by atoms with van der Waals surface area (Å²) in [5.41, 5.74) is 2.56. The van der Waals surface area contributed by atoms with Crippen molar-refractivity contribution >= 4 is 11.0 Å². The molecule has 2 heterocycles. The van der Waals surface area contributed by atoms with Gasteiger partial charge in [0.1, 0.15) is 5.69 Å². The topological polar surface area (TPSA) is 30.7 Å². The van der Waals surface area contributed by atoms with E-state index < -0.39 is 11.7 Å². The highest BCUT2D eigenvalue weighted by molar-refractivity contribution is 5.80. The molecule has 0 aliphatic rings. The van der Waals surface area contributed by atoms with Crippen molar-refractivity contribution in [2.24, 2.45) is 0 Å². The van der Waals surface area contributed by atoms with Crippen LogP contribution >= 0.6 is 0 Å². The fourth-order valence-corrected chi connectivity index (χ4v) is 2.91. The summed E-state index contributed by atoms with van der Waals surface area (Å²) in [5.74, 6) is 0.687. The van der Waals surface area contributed by atoms with Crippen molar-refractivity contribution < 1.29 is 13.2 Å². The third kappa shape index (κ3) is 3.06.